The van der Waals surface area contributed by atoms with Gasteiger partial charge in [-0.3, -0.25) is 0 Å². The van der Waals surface area contributed by atoms with Gasteiger partial charge in [-0.05, 0) is 31.9 Å². The SMILES string of the molecule is CCC1(CC)CNCC(c2ccc(C)s2)OC1. The smallest absolute Gasteiger partial charge is 0.104 e. The lowest BCUT2D eigenvalue weighted by atomic mass is 9.83. The second-order valence-electron chi connectivity index (χ2n) is 5.09. The van der Waals surface area contributed by atoms with Gasteiger partial charge in [0.05, 0.1) is 6.61 Å². The van der Waals surface area contributed by atoms with E-state index in [1.165, 1.54) is 22.6 Å². The quantitative estimate of drug-likeness (QED) is 0.890. The highest BCUT2D eigenvalue weighted by atomic mass is 32.1. The van der Waals surface area contributed by atoms with Crippen molar-refractivity contribution in [2.24, 2.45) is 5.41 Å². The highest BCUT2D eigenvalue weighted by molar-refractivity contribution is 7.12. The average Bonchev–Trinajstić information content (AvgIpc) is 2.66. The van der Waals surface area contributed by atoms with E-state index in [4.69, 9.17) is 4.74 Å². The van der Waals surface area contributed by atoms with Crippen LogP contribution in [-0.2, 0) is 4.74 Å². The predicted octanol–water partition coefficient (Wildman–Crippen LogP) is 3.52. The minimum atomic E-state index is 0.244. The number of rotatable bonds is 3. The van der Waals surface area contributed by atoms with Crippen LogP contribution < -0.4 is 5.32 Å². The fourth-order valence-corrected chi connectivity index (χ4v) is 3.30. The number of hydrogen-bond acceptors (Lipinski definition) is 3. The van der Waals surface area contributed by atoms with Gasteiger partial charge in [0.15, 0.2) is 0 Å². The normalized spacial score (nSPS) is 24.5. The number of ether oxygens (including phenoxy) is 1. The third-order valence-corrected chi connectivity index (χ3v) is 5.09. The van der Waals surface area contributed by atoms with Crippen LogP contribution in [-0.4, -0.2) is 19.7 Å². The van der Waals surface area contributed by atoms with Crippen molar-refractivity contribution in [2.75, 3.05) is 19.7 Å². The van der Waals surface area contributed by atoms with Crippen LogP contribution in [0.5, 0.6) is 0 Å². The van der Waals surface area contributed by atoms with Crippen molar-refractivity contribution in [1.29, 1.82) is 0 Å². The monoisotopic (exact) mass is 253 g/mol. The average molecular weight is 253 g/mol. The van der Waals surface area contributed by atoms with Gasteiger partial charge >= 0.3 is 0 Å². The minimum Gasteiger partial charge on any atom is -0.371 e. The number of aryl methyl sites for hydroxylation is 1. The van der Waals surface area contributed by atoms with E-state index in [1.807, 2.05) is 11.3 Å². The van der Waals surface area contributed by atoms with E-state index in [-0.39, 0.29) is 6.10 Å². The topological polar surface area (TPSA) is 21.3 Å². The first kappa shape index (κ1) is 13.1. The molecule has 0 radical (unpaired) electrons. The summed E-state index contributed by atoms with van der Waals surface area (Å²) in [4.78, 5) is 2.73. The number of thiophene rings is 1. The molecule has 1 unspecified atom stereocenters. The van der Waals surface area contributed by atoms with Gasteiger partial charge in [-0.1, -0.05) is 13.8 Å². The first-order valence-electron chi connectivity index (χ1n) is 6.58. The minimum absolute atomic E-state index is 0.244. The summed E-state index contributed by atoms with van der Waals surface area (Å²) in [6, 6.07) is 4.39. The fourth-order valence-electron chi connectivity index (χ4n) is 2.37. The number of nitrogens with one attached hydrogen (secondary N) is 1. The first-order valence-corrected chi connectivity index (χ1v) is 7.39. The summed E-state index contributed by atoms with van der Waals surface area (Å²) in [5.41, 5.74) is 0.334. The zero-order chi connectivity index (χ0) is 12.3. The lowest BCUT2D eigenvalue weighted by Gasteiger charge is -2.29. The maximum Gasteiger partial charge on any atom is 0.104 e. The first-order chi connectivity index (χ1) is 8.19. The molecule has 1 aromatic rings. The summed E-state index contributed by atoms with van der Waals surface area (Å²) in [5, 5.41) is 3.58. The highest BCUT2D eigenvalue weighted by Gasteiger charge is 2.31. The Kier molecular flexibility index (Phi) is 4.23. The van der Waals surface area contributed by atoms with Crippen molar-refractivity contribution in [1.82, 2.24) is 5.32 Å². The molecule has 1 aromatic heterocycles. The van der Waals surface area contributed by atoms with Crippen LogP contribution in [0.2, 0.25) is 0 Å². The fraction of sp³-hybridized carbons (Fsp3) is 0.714. The molecule has 1 atom stereocenters. The Bertz CT molecular complexity index is 357. The lowest BCUT2D eigenvalue weighted by Crippen LogP contribution is -2.34. The maximum absolute atomic E-state index is 6.15. The van der Waals surface area contributed by atoms with E-state index >= 15 is 0 Å². The van der Waals surface area contributed by atoms with Gasteiger partial charge in [-0.25, -0.2) is 0 Å². The molecular weight excluding hydrogens is 230 g/mol. The second-order valence-corrected chi connectivity index (χ2v) is 6.41. The summed E-state index contributed by atoms with van der Waals surface area (Å²) >= 11 is 1.85. The molecule has 1 aliphatic heterocycles. The van der Waals surface area contributed by atoms with E-state index in [1.54, 1.807) is 0 Å². The van der Waals surface area contributed by atoms with Gasteiger partial charge in [0.1, 0.15) is 6.10 Å². The van der Waals surface area contributed by atoms with Gasteiger partial charge in [-0.2, -0.15) is 0 Å². The molecule has 0 aromatic carbocycles. The molecular formula is C14H23NOS. The summed E-state index contributed by atoms with van der Waals surface area (Å²) in [6.07, 6.45) is 2.62. The van der Waals surface area contributed by atoms with E-state index in [0.717, 1.165) is 19.7 Å². The molecule has 1 N–H and O–H groups in total. The van der Waals surface area contributed by atoms with Crippen LogP contribution in [0.3, 0.4) is 0 Å². The molecule has 0 spiro atoms. The van der Waals surface area contributed by atoms with E-state index in [9.17, 15) is 0 Å². The van der Waals surface area contributed by atoms with Gasteiger partial charge < -0.3 is 10.1 Å². The summed E-state index contributed by atoms with van der Waals surface area (Å²) in [7, 11) is 0. The van der Waals surface area contributed by atoms with E-state index in [2.05, 4.69) is 38.2 Å². The predicted molar refractivity (Wildman–Crippen MR) is 73.6 cm³/mol. The van der Waals surface area contributed by atoms with E-state index < -0.39 is 0 Å². The lowest BCUT2D eigenvalue weighted by molar-refractivity contribution is 0.0119. The van der Waals surface area contributed by atoms with Gasteiger partial charge in [-0.15, -0.1) is 11.3 Å². The largest absolute Gasteiger partial charge is 0.371 e. The van der Waals surface area contributed by atoms with Crippen LogP contribution in [0.4, 0.5) is 0 Å². The Morgan fingerprint density at radius 3 is 2.76 bits per heavy atom. The Labute approximate surface area is 108 Å². The van der Waals surface area contributed by atoms with Crippen molar-refractivity contribution in [3.05, 3.63) is 21.9 Å². The van der Waals surface area contributed by atoms with Gasteiger partial charge in [0.25, 0.3) is 0 Å². The molecule has 0 saturated carbocycles. The third kappa shape index (κ3) is 2.90. The van der Waals surface area contributed by atoms with Crippen molar-refractivity contribution < 1.29 is 4.74 Å². The number of hydrogen-bond donors (Lipinski definition) is 1. The van der Waals surface area contributed by atoms with Crippen molar-refractivity contribution in [2.45, 2.75) is 39.7 Å². The maximum atomic E-state index is 6.15. The molecule has 0 amide bonds. The molecule has 1 fully saturated rings. The zero-order valence-electron chi connectivity index (χ0n) is 11.1. The van der Waals surface area contributed by atoms with Crippen LogP contribution in [0, 0.1) is 12.3 Å². The molecule has 2 nitrogen and oxygen atoms in total. The van der Waals surface area contributed by atoms with Crippen LogP contribution >= 0.6 is 11.3 Å². The zero-order valence-corrected chi connectivity index (χ0v) is 11.9. The molecule has 96 valence electrons. The molecule has 2 rings (SSSR count). The van der Waals surface area contributed by atoms with Gasteiger partial charge in [0.2, 0.25) is 0 Å². The second kappa shape index (κ2) is 5.51. The van der Waals surface area contributed by atoms with Crippen LogP contribution in [0.25, 0.3) is 0 Å². The Morgan fingerprint density at radius 1 is 1.41 bits per heavy atom. The van der Waals surface area contributed by atoms with Crippen molar-refractivity contribution >= 4 is 11.3 Å². The molecule has 0 aliphatic carbocycles. The van der Waals surface area contributed by atoms with E-state index in [0.29, 0.717) is 5.41 Å². The molecule has 17 heavy (non-hydrogen) atoms. The van der Waals surface area contributed by atoms with Crippen molar-refractivity contribution in [3.8, 4) is 0 Å². The Balaban J connectivity index is 2.05. The molecule has 1 aliphatic rings. The Hall–Kier alpha value is -0.380. The van der Waals surface area contributed by atoms with Gasteiger partial charge in [0, 0.05) is 28.3 Å². The molecule has 0 bridgehead atoms. The summed E-state index contributed by atoms with van der Waals surface area (Å²) in [5.74, 6) is 0. The van der Waals surface area contributed by atoms with Crippen LogP contribution in [0.1, 0.15) is 42.5 Å². The molecule has 2 heterocycles. The van der Waals surface area contributed by atoms with Crippen LogP contribution in [0.15, 0.2) is 12.1 Å². The molecule has 1 saturated heterocycles. The third-order valence-electron chi connectivity index (χ3n) is 4.00. The standard InChI is InChI=1S/C14H23NOS/c1-4-14(5-2)9-15-8-12(16-10-14)13-7-6-11(3)17-13/h6-7,12,15H,4-5,8-10H2,1-3H3. The van der Waals surface area contributed by atoms with Crippen molar-refractivity contribution in [3.63, 3.8) is 0 Å². The Morgan fingerprint density at radius 2 is 2.18 bits per heavy atom. The summed E-state index contributed by atoms with van der Waals surface area (Å²) in [6.45, 7) is 9.60. The molecule has 3 heteroatoms. The summed E-state index contributed by atoms with van der Waals surface area (Å²) < 4.78 is 6.15. The highest BCUT2D eigenvalue weighted by Crippen LogP contribution is 2.33.